The molecule has 9 nitrogen and oxygen atoms in total. The highest BCUT2D eigenvalue weighted by molar-refractivity contribution is 7.34. The van der Waals surface area contributed by atoms with E-state index < -0.39 is 20.2 Å². The fourth-order valence-corrected chi connectivity index (χ4v) is 4.24. The molecule has 1 saturated carbocycles. The number of rotatable bonds is 10. The van der Waals surface area contributed by atoms with Gasteiger partial charge in [0.25, 0.3) is 0 Å². The van der Waals surface area contributed by atoms with Crippen molar-refractivity contribution >= 4 is 20.4 Å². The fraction of sp³-hybridized carbons (Fsp3) is 0.435. The van der Waals surface area contributed by atoms with Gasteiger partial charge in [0.1, 0.15) is 12.4 Å². The van der Waals surface area contributed by atoms with E-state index in [0.717, 1.165) is 25.7 Å². The summed E-state index contributed by atoms with van der Waals surface area (Å²) in [4.78, 5) is 39.9. The predicted octanol–water partition coefficient (Wildman–Crippen LogP) is 3.84. The van der Waals surface area contributed by atoms with Crippen molar-refractivity contribution in [1.29, 1.82) is 0 Å². The first-order valence-corrected chi connectivity index (χ1v) is 11.9. The summed E-state index contributed by atoms with van der Waals surface area (Å²) in [5, 5.41) is 10.0. The van der Waals surface area contributed by atoms with Gasteiger partial charge in [0, 0.05) is 11.8 Å². The van der Waals surface area contributed by atoms with Crippen LogP contribution in [0.2, 0.25) is 0 Å². The second-order valence-corrected chi connectivity index (χ2v) is 8.77. The second kappa shape index (κ2) is 11.7. The lowest BCUT2D eigenvalue weighted by Gasteiger charge is -2.12. The van der Waals surface area contributed by atoms with Crippen LogP contribution in [0.4, 0.5) is 0 Å². The Bertz CT molecular complexity index is 1020. The number of aromatic nitrogens is 1. The minimum Gasteiger partial charge on any atom is -0.575 e. The molecule has 1 N–H and O–H groups in total. The van der Waals surface area contributed by atoms with Gasteiger partial charge in [-0.3, -0.25) is 14.3 Å². The standard InChI is InChI=1S/C23H27N2O7P/c1-15-22(27)19(12-26)18(11-24-15)14-30-20-9-5-6-10-21(20)32-33(29)25-16(2)23(28)31-13-17-7-3-4-8-17/h5-6,9-12,16-17,27H,3-4,7-8,13-14H2,1-2H3. The molecule has 1 heterocycles. The van der Waals surface area contributed by atoms with E-state index in [0.29, 0.717) is 30.1 Å². The molecule has 0 saturated heterocycles. The first-order valence-electron chi connectivity index (χ1n) is 10.8. The van der Waals surface area contributed by atoms with Gasteiger partial charge in [-0.15, -0.1) is 0 Å². The summed E-state index contributed by atoms with van der Waals surface area (Å²) in [7, 11) is -2.56. The predicted molar refractivity (Wildman–Crippen MR) is 119 cm³/mol. The van der Waals surface area contributed by atoms with Crippen LogP contribution in [0.1, 0.15) is 54.2 Å². The molecule has 0 bridgehead atoms. The van der Waals surface area contributed by atoms with E-state index in [1.807, 2.05) is 0 Å². The highest BCUT2D eigenvalue weighted by Gasteiger charge is 2.23. The zero-order valence-electron chi connectivity index (χ0n) is 18.6. The van der Waals surface area contributed by atoms with Gasteiger partial charge in [-0.05, 0) is 44.7 Å². The molecule has 1 aromatic heterocycles. The van der Waals surface area contributed by atoms with Crippen LogP contribution in [-0.4, -0.2) is 35.0 Å². The van der Waals surface area contributed by atoms with Gasteiger partial charge in [0.15, 0.2) is 18.1 Å². The molecule has 176 valence electrons. The number of esters is 1. The van der Waals surface area contributed by atoms with Gasteiger partial charge in [-0.1, -0.05) is 29.7 Å². The molecule has 0 radical (unpaired) electrons. The van der Waals surface area contributed by atoms with Crippen LogP contribution in [0, 0.1) is 12.8 Å². The summed E-state index contributed by atoms with van der Waals surface area (Å²) < 4.78 is 20.3. The van der Waals surface area contributed by atoms with Crippen LogP contribution < -0.4 is 14.2 Å². The van der Waals surface area contributed by atoms with E-state index in [1.165, 1.54) is 13.1 Å². The van der Waals surface area contributed by atoms with Crippen LogP contribution in [0.5, 0.6) is 17.2 Å². The molecule has 0 amide bonds. The number of carbonyl (C=O) groups excluding carboxylic acids is 2. The number of benzene rings is 1. The van der Waals surface area contributed by atoms with Crippen LogP contribution in [0.15, 0.2) is 35.2 Å². The van der Waals surface area contributed by atoms with Gasteiger partial charge < -0.3 is 19.5 Å². The Morgan fingerprint density at radius 3 is 2.73 bits per heavy atom. The maximum atomic E-state index is 12.4. The van der Waals surface area contributed by atoms with Crippen molar-refractivity contribution in [2.45, 2.75) is 52.2 Å². The number of aromatic hydroxyl groups is 1. The first-order chi connectivity index (χ1) is 15.9. The molecular formula is C23H27N2O7P. The van der Waals surface area contributed by atoms with Crippen molar-refractivity contribution in [3.8, 4) is 17.2 Å². The number of para-hydroxylation sites is 2. The third-order valence-electron chi connectivity index (χ3n) is 5.43. The largest absolute Gasteiger partial charge is 0.575 e. The molecule has 3 rings (SSSR count). The lowest BCUT2D eigenvalue weighted by molar-refractivity contribution is -0.169. The van der Waals surface area contributed by atoms with Crippen molar-refractivity contribution in [2.24, 2.45) is 10.7 Å². The Labute approximate surface area is 193 Å². The van der Waals surface area contributed by atoms with Crippen LogP contribution >= 0.6 is 8.17 Å². The quantitative estimate of drug-likeness (QED) is 0.312. The molecule has 0 aliphatic heterocycles. The molecular weight excluding hydrogens is 447 g/mol. The Kier molecular flexibility index (Phi) is 8.74. The van der Waals surface area contributed by atoms with E-state index in [2.05, 4.69) is 9.73 Å². The minimum atomic E-state index is -2.56. The third-order valence-corrected chi connectivity index (χ3v) is 6.32. The summed E-state index contributed by atoms with van der Waals surface area (Å²) in [6.45, 7) is 3.38. The summed E-state index contributed by atoms with van der Waals surface area (Å²) >= 11 is 0. The van der Waals surface area contributed by atoms with E-state index >= 15 is 0 Å². The van der Waals surface area contributed by atoms with Crippen molar-refractivity contribution in [3.63, 3.8) is 0 Å². The second-order valence-electron chi connectivity index (χ2n) is 7.89. The van der Waals surface area contributed by atoms with Gasteiger partial charge >= 0.3 is 14.1 Å². The van der Waals surface area contributed by atoms with Gasteiger partial charge in [-0.2, -0.15) is 0 Å². The molecule has 2 aromatic rings. The Hall–Kier alpha value is -3.03. The molecule has 1 aliphatic carbocycles. The number of nitrogens with zero attached hydrogens (tertiary/aromatic N) is 2. The summed E-state index contributed by atoms with van der Waals surface area (Å²) in [5.74, 6) is 0.0635. The fourth-order valence-electron chi connectivity index (χ4n) is 3.49. The number of aryl methyl sites for hydroxylation is 1. The molecule has 1 aliphatic rings. The third kappa shape index (κ3) is 6.73. The smallest absolute Gasteiger partial charge is 0.395 e. The van der Waals surface area contributed by atoms with Gasteiger partial charge in [-0.25, -0.2) is 4.79 Å². The number of pyridine rings is 1. The number of carbonyl (C=O) groups is 2. The molecule has 33 heavy (non-hydrogen) atoms. The topological polar surface area (TPSA) is 130 Å². The first kappa shape index (κ1) is 24.6. The monoisotopic (exact) mass is 474 g/mol. The lowest BCUT2D eigenvalue weighted by atomic mass is 10.1. The summed E-state index contributed by atoms with van der Waals surface area (Å²) in [5.41, 5.74) is 0.807. The van der Waals surface area contributed by atoms with Crippen molar-refractivity contribution in [1.82, 2.24) is 4.98 Å². The zero-order valence-corrected chi connectivity index (χ0v) is 19.5. The van der Waals surface area contributed by atoms with Crippen molar-refractivity contribution in [2.75, 3.05) is 6.61 Å². The maximum Gasteiger partial charge on any atom is 0.395 e. The lowest BCUT2D eigenvalue weighted by Crippen LogP contribution is -2.21. The van der Waals surface area contributed by atoms with Crippen LogP contribution in [-0.2, 0) is 16.1 Å². The van der Waals surface area contributed by atoms with Gasteiger partial charge in [0.05, 0.1) is 17.9 Å². The highest BCUT2D eigenvalue weighted by atomic mass is 31.1. The molecule has 2 unspecified atom stereocenters. The molecule has 0 spiro atoms. The van der Waals surface area contributed by atoms with E-state index in [1.54, 1.807) is 31.2 Å². The molecule has 1 fully saturated rings. The summed E-state index contributed by atoms with van der Waals surface area (Å²) in [6.07, 6.45) is 6.40. The molecule has 1 aromatic carbocycles. The van der Waals surface area contributed by atoms with Crippen LogP contribution in [0.3, 0.4) is 0 Å². The van der Waals surface area contributed by atoms with Crippen molar-refractivity contribution in [3.05, 3.63) is 47.3 Å². The number of hydrogen-bond donors (Lipinski definition) is 1. The van der Waals surface area contributed by atoms with Gasteiger partial charge in [0.2, 0.25) is 5.75 Å². The number of hydrogen-bond acceptors (Lipinski definition) is 9. The molecule has 2 atom stereocenters. The van der Waals surface area contributed by atoms with Crippen LogP contribution in [0.25, 0.3) is 0 Å². The van der Waals surface area contributed by atoms with E-state index in [-0.39, 0.29) is 29.4 Å². The highest BCUT2D eigenvalue weighted by Crippen LogP contribution is 2.34. The van der Waals surface area contributed by atoms with E-state index in [4.69, 9.17) is 14.0 Å². The Morgan fingerprint density at radius 2 is 2.03 bits per heavy atom. The van der Waals surface area contributed by atoms with E-state index in [9.17, 15) is 19.6 Å². The maximum absolute atomic E-state index is 12.4. The Balaban J connectivity index is 1.62. The zero-order chi connectivity index (χ0) is 23.8. The average Bonchev–Trinajstić information content (AvgIpc) is 3.32. The average molecular weight is 474 g/mol. The number of ether oxygens (including phenoxy) is 2. The normalized spacial score (nSPS) is 15.2. The van der Waals surface area contributed by atoms with Crippen molar-refractivity contribution < 1.29 is 33.6 Å². The molecule has 10 heteroatoms. The minimum absolute atomic E-state index is 0.0763. The number of aldehydes is 1. The Morgan fingerprint density at radius 1 is 1.33 bits per heavy atom. The SMILES string of the molecule is Cc1ncc(COc2ccccc2O[P+]([O-])=NC(C)C(=O)OCC2CCCC2)c(C=O)c1O. The summed E-state index contributed by atoms with van der Waals surface area (Å²) in [6, 6.07) is 5.58.